The number of hydrogen-bond donors (Lipinski definition) is 2. The molecule has 0 bridgehead atoms. The minimum absolute atomic E-state index is 0.0326. The van der Waals surface area contributed by atoms with Crippen molar-refractivity contribution in [1.82, 2.24) is 9.62 Å². The zero-order valence-corrected chi connectivity index (χ0v) is 19.1. The van der Waals surface area contributed by atoms with Crippen molar-refractivity contribution in [1.29, 1.82) is 0 Å². The zero-order valence-electron chi connectivity index (χ0n) is 18.3. The number of amides is 2. The highest BCUT2D eigenvalue weighted by atomic mass is 32.2. The quantitative estimate of drug-likeness (QED) is 0.718. The molecule has 1 saturated heterocycles. The van der Waals surface area contributed by atoms with Crippen molar-refractivity contribution in [2.75, 3.05) is 18.4 Å². The molecule has 0 spiro atoms. The van der Waals surface area contributed by atoms with Crippen LogP contribution in [-0.2, 0) is 19.6 Å². The Morgan fingerprint density at radius 3 is 2.26 bits per heavy atom. The van der Waals surface area contributed by atoms with Gasteiger partial charge in [0.05, 0.1) is 10.9 Å². The normalized spacial score (nSPS) is 19.1. The summed E-state index contributed by atoms with van der Waals surface area (Å²) in [6, 6.07) is 15.0. The Balaban J connectivity index is 1.69. The van der Waals surface area contributed by atoms with Gasteiger partial charge in [0.2, 0.25) is 21.8 Å². The van der Waals surface area contributed by atoms with Crippen molar-refractivity contribution in [2.45, 2.75) is 44.6 Å². The third kappa shape index (κ3) is 5.32. The van der Waals surface area contributed by atoms with Gasteiger partial charge < -0.3 is 10.2 Å². The van der Waals surface area contributed by atoms with Crippen LogP contribution in [0.5, 0.6) is 0 Å². The van der Waals surface area contributed by atoms with E-state index in [0.717, 1.165) is 0 Å². The summed E-state index contributed by atoms with van der Waals surface area (Å²) < 4.78 is 28.0. The fourth-order valence-electron chi connectivity index (χ4n) is 4.09. The van der Waals surface area contributed by atoms with E-state index in [1.165, 1.54) is 36.8 Å². The SMILES string of the molecule is CC(=O)Nc1ccc(S(=O)(=O)N[C@@H](C)C(=O)N2C[C@@H](c3ccccc3)C(C)(C)C2)cc1. The highest BCUT2D eigenvalue weighted by Crippen LogP contribution is 2.42. The number of hydrogen-bond acceptors (Lipinski definition) is 4. The molecule has 0 saturated carbocycles. The molecule has 2 atom stereocenters. The maximum atomic E-state index is 13.0. The lowest BCUT2D eigenvalue weighted by molar-refractivity contribution is -0.131. The van der Waals surface area contributed by atoms with Gasteiger partial charge in [-0.3, -0.25) is 9.59 Å². The van der Waals surface area contributed by atoms with Gasteiger partial charge in [0.25, 0.3) is 0 Å². The lowest BCUT2D eigenvalue weighted by atomic mass is 9.78. The second kappa shape index (κ2) is 8.80. The van der Waals surface area contributed by atoms with Crippen LogP contribution in [0.3, 0.4) is 0 Å². The molecule has 2 aromatic rings. The van der Waals surface area contributed by atoms with E-state index in [-0.39, 0.29) is 28.0 Å². The standard InChI is InChI=1S/C23H29N3O4S/c1-16(25-31(29,30)20-12-10-19(11-13-20)24-17(2)27)22(28)26-14-21(23(3,4)15-26)18-8-6-5-7-9-18/h5-13,16,21,25H,14-15H2,1-4H3,(H,24,27)/t16-,21-/m0/s1. The molecule has 0 radical (unpaired) electrons. The van der Waals surface area contributed by atoms with Crippen LogP contribution < -0.4 is 10.0 Å². The molecule has 1 fully saturated rings. The molecule has 0 aliphatic carbocycles. The number of nitrogens with zero attached hydrogens (tertiary/aromatic N) is 1. The van der Waals surface area contributed by atoms with Crippen molar-refractivity contribution in [3.8, 4) is 0 Å². The fourth-order valence-corrected chi connectivity index (χ4v) is 5.29. The number of likely N-dealkylation sites (tertiary alicyclic amines) is 1. The average Bonchev–Trinajstić information content (AvgIpc) is 3.02. The first-order valence-electron chi connectivity index (χ1n) is 10.2. The third-order valence-electron chi connectivity index (χ3n) is 5.65. The summed E-state index contributed by atoms with van der Waals surface area (Å²) in [7, 11) is -3.88. The van der Waals surface area contributed by atoms with E-state index in [4.69, 9.17) is 0 Å². The first-order valence-corrected chi connectivity index (χ1v) is 11.7. The number of carbonyl (C=O) groups is 2. The molecule has 8 heteroatoms. The van der Waals surface area contributed by atoms with Gasteiger partial charge in [-0.25, -0.2) is 8.42 Å². The van der Waals surface area contributed by atoms with Gasteiger partial charge in [0.1, 0.15) is 0 Å². The summed E-state index contributed by atoms with van der Waals surface area (Å²) in [5.74, 6) is -0.303. The van der Waals surface area contributed by atoms with Crippen LogP contribution in [-0.4, -0.2) is 44.3 Å². The summed E-state index contributed by atoms with van der Waals surface area (Å²) >= 11 is 0. The van der Waals surface area contributed by atoms with Crippen molar-refractivity contribution >= 4 is 27.5 Å². The Hall–Kier alpha value is -2.71. The van der Waals surface area contributed by atoms with E-state index in [2.05, 4.69) is 36.0 Å². The molecule has 1 aliphatic rings. The van der Waals surface area contributed by atoms with E-state index in [1.807, 2.05) is 18.2 Å². The summed E-state index contributed by atoms with van der Waals surface area (Å²) in [4.78, 5) is 25.9. The highest BCUT2D eigenvalue weighted by molar-refractivity contribution is 7.89. The largest absolute Gasteiger partial charge is 0.340 e. The van der Waals surface area contributed by atoms with Crippen molar-refractivity contribution in [3.05, 3.63) is 60.2 Å². The van der Waals surface area contributed by atoms with Crippen LogP contribution in [0.1, 0.15) is 39.2 Å². The summed E-state index contributed by atoms with van der Waals surface area (Å²) in [5, 5.41) is 2.59. The molecule has 0 aromatic heterocycles. The molecule has 1 heterocycles. The predicted molar refractivity (Wildman–Crippen MR) is 120 cm³/mol. The van der Waals surface area contributed by atoms with Crippen LogP contribution in [0.2, 0.25) is 0 Å². The van der Waals surface area contributed by atoms with Gasteiger partial charge in [-0.2, -0.15) is 4.72 Å². The molecule has 166 valence electrons. The molecular formula is C23H29N3O4S. The molecule has 1 aliphatic heterocycles. The van der Waals surface area contributed by atoms with Crippen LogP contribution >= 0.6 is 0 Å². The van der Waals surface area contributed by atoms with E-state index in [0.29, 0.717) is 18.8 Å². The van der Waals surface area contributed by atoms with Crippen molar-refractivity contribution < 1.29 is 18.0 Å². The maximum Gasteiger partial charge on any atom is 0.241 e. The number of sulfonamides is 1. The molecule has 0 unspecified atom stereocenters. The molecule has 7 nitrogen and oxygen atoms in total. The lowest BCUT2D eigenvalue weighted by Gasteiger charge is -2.25. The lowest BCUT2D eigenvalue weighted by Crippen LogP contribution is -2.46. The average molecular weight is 444 g/mol. The first-order chi connectivity index (χ1) is 14.5. The van der Waals surface area contributed by atoms with Crippen LogP contribution in [0, 0.1) is 5.41 Å². The van der Waals surface area contributed by atoms with E-state index >= 15 is 0 Å². The van der Waals surface area contributed by atoms with Crippen LogP contribution in [0.4, 0.5) is 5.69 Å². The molecule has 31 heavy (non-hydrogen) atoms. The maximum absolute atomic E-state index is 13.0. The summed E-state index contributed by atoms with van der Waals surface area (Å²) in [6.45, 7) is 8.30. The Morgan fingerprint density at radius 1 is 1.06 bits per heavy atom. The number of rotatable bonds is 6. The van der Waals surface area contributed by atoms with Crippen molar-refractivity contribution in [3.63, 3.8) is 0 Å². The molecule has 2 aromatic carbocycles. The minimum Gasteiger partial charge on any atom is -0.340 e. The second-order valence-electron chi connectivity index (χ2n) is 8.72. The van der Waals surface area contributed by atoms with Gasteiger partial charge in [0.15, 0.2) is 0 Å². The Morgan fingerprint density at radius 2 is 1.68 bits per heavy atom. The van der Waals surface area contributed by atoms with E-state index < -0.39 is 16.1 Å². The number of nitrogens with one attached hydrogen (secondary N) is 2. The molecular weight excluding hydrogens is 414 g/mol. The predicted octanol–water partition coefficient (Wildman–Crippen LogP) is 2.96. The summed E-state index contributed by atoms with van der Waals surface area (Å²) in [6.07, 6.45) is 0. The van der Waals surface area contributed by atoms with Crippen LogP contribution in [0.15, 0.2) is 59.5 Å². The topological polar surface area (TPSA) is 95.6 Å². The molecule has 2 amide bonds. The number of carbonyl (C=O) groups excluding carboxylic acids is 2. The third-order valence-corrected chi connectivity index (χ3v) is 7.20. The van der Waals surface area contributed by atoms with Crippen LogP contribution in [0.25, 0.3) is 0 Å². The fraction of sp³-hybridized carbons (Fsp3) is 0.391. The monoisotopic (exact) mass is 443 g/mol. The Labute approximate surface area is 183 Å². The zero-order chi connectivity index (χ0) is 22.8. The Kier molecular flexibility index (Phi) is 6.52. The smallest absolute Gasteiger partial charge is 0.241 e. The minimum atomic E-state index is -3.88. The van der Waals surface area contributed by atoms with Gasteiger partial charge in [0, 0.05) is 31.6 Å². The highest BCUT2D eigenvalue weighted by Gasteiger charge is 2.43. The number of anilines is 1. The van der Waals surface area contributed by atoms with E-state index in [9.17, 15) is 18.0 Å². The summed E-state index contributed by atoms with van der Waals surface area (Å²) in [5.41, 5.74) is 1.56. The Bertz CT molecular complexity index is 1050. The van der Waals surface area contributed by atoms with Gasteiger partial charge >= 0.3 is 0 Å². The number of benzene rings is 2. The van der Waals surface area contributed by atoms with E-state index in [1.54, 1.807) is 11.8 Å². The first kappa shape index (κ1) is 23.0. The second-order valence-corrected chi connectivity index (χ2v) is 10.4. The van der Waals surface area contributed by atoms with Crippen molar-refractivity contribution in [2.24, 2.45) is 5.41 Å². The van der Waals surface area contributed by atoms with Gasteiger partial charge in [-0.15, -0.1) is 0 Å². The molecule has 3 rings (SSSR count). The van der Waals surface area contributed by atoms with Gasteiger partial charge in [-0.1, -0.05) is 44.2 Å². The van der Waals surface area contributed by atoms with Gasteiger partial charge in [-0.05, 0) is 42.2 Å². The molecule has 2 N–H and O–H groups in total.